The molecule has 13 heteroatoms. The fourth-order valence-electron chi connectivity index (χ4n) is 0. The predicted octanol–water partition coefficient (Wildman–Crippen LogP) is -14.7. The first-order valence-corrected chi connectivity index (χ1v) is 2.13. The van der Waals surface area contributed by atoms with Crippen molar-refractivity contribution in [2.75, 3.05) is 0 Å². The summed E-state index contributed by atoms with van der Waals surface area (Å²) < 4.78 is 0. The quantitative estimate of drug-likeness (QED) is 0.236. The third-order valence-electron chi connectivity index (χ3n) is 0.333. The van der Waals surface area contributed by atoms with Gasteiger partial charge in [0.2, 0.25) is 0 Å². The maximum absolute atomic E-state index is 8.93. The Kier molecular flexibility index (Phi) is 66.3. The van der Waals surface area contributed by atoms with Crippen LogP contribution in [0.25, 0.3) is 0 Å². The normalized spacial score (nSPS) is 5.18. The first kappa shape index (κ1) is 42.8. The zero-order valence-corrected chi connectivity index (χ0v) is 17.1. The molecule has 0 radical (unpaired) electrons. The van der Waals surface area contributed by atoms with Crippen molar-refractivity contribution < 1.29 is 174 Å². The summed E-state index contributed by atoms with van der Waals surface area (Å²) in [6.45, 7) is 0. The smallest absolute Gasteiger partial charge is 0.543 e. The fraction of sp³-hybridized carbons (Fsp3) is 0. The summed E-state index contributed by atoms with van der Waals surface area (Å²) >= 11 is 0. The molecule has 0 aromatic heterocycles. The largest absolute Gasteiger partial charge is 2.00 e. The molecule has 0 bridgehead atoms. The molecule has 0 aliphatic carbocycles. The molecule has 0 amide bonds. The van der Waals surface area contributed by atoms with Gasteiger partial charge in [-0.15, -0.1) is 0 Å². The number of hydrogen-bond donors (Lipinski definition) is 0. The second-order valence-electron chi connectivity index (χ2n) is 1.15. The van der Waals surface area contributed by atoms with Gasteiger partial charge in [0.15, 0.2) is 0 Å². The number of carbonyl (C=O) groups excluding carboxylic acids is 4. The molecular weight excluding hydrogens is 481 g/mol. The number of carboxylic acids is 4. The van der Waals surface area contributed by atoms with Crippen LogP contribution in [0, 0.1) is 0 Å². The van der Waals surface area contributed by atoms with Crippen molar-refractivity contribution in [1.82, 2.24) is 0 Å². The Morgan fingerprint density at radius 1 is 0.529 bits per heavy atom. The Labute approximate surface area is 194 Å². The van der Waals surface area contributed by atoms with Crippen molar-refractivity contribution in [2.45, 2.75) is 0 Å². The van der Waals surface area contributed by atoms with E-state index in [4.69, 9.17) is 39.6 Å². The molecule has 0 atom stereocenters. The van der Waals surface area contributed by atoms with E-state index in [9.17, 15) is 0 Å². The maximum Gasteiger partial charge on any atom is 2.00 e. The maximum atomic E-state index is 8.93. The van der Waals surface area contributed by atoms with Crippen LogP contribution < -0.4 is 123 Å². The minimum Gasteiger partial charge on any atom is -0.543 e. The van der Waals surface area contributed by atoms with Gasteiger partial charge < -0.3 is 50.6 Å². The second kappa shape index (κ2) is 26.3. The Morgan fingerprint density at radius 3 is 0.588 bits per heavy atom. The first-order chi connectivity index (χ1) is 5.29. The zero-order valence-electron chi connectivity index (χ0n) is 8.58. The summed E-state index contributed by atoms with van der Waals surface area (Å²) in [7, 11) is 0. The Balaban J connectivity index is -0.0000000182. The van der Waals surface area contributed by atoms with Crippen molar-refractivity contribution in [3.8, 4) is 0 Å². The van der Waals surface area contributed by atoms with Crippen LogP contribution >= 0.6 is 0 Å². The van der Waals surface area contributed by atoms with E-state index in [-0.39, 0.29) is 135 Å². The number of rotatable bonds is 0. The van der Waals surface area contributed by atoms with E-state index >= 15 is 0 Å². The van der Waals surface area contributed by atoms with Crippen molar-refractivity contribution in [2.24, 2.45) is 0 Å². The number of carboxylic acid groups (broad SMARTS) is 4. The van der Waals surface area contributed by atoms with Gasteiger partial charge in [0, 0.05) is 0 Å². The minimum absolute atomic E-state index is 0. The Bertz CT molecular complexity index is 182. The van der Waals surface area contributed by atoms with Crippen LogP contribution in [0.3, 0.4) is 0 Å². The number of hydrogen-bond acceptors (Lipinski definition) is 8. The van der Waals surface area contributed by atoms with Gasteiger partial charge in [-0.1, -0.05) is 0 Å². The van der Waals surface area contributed by atoms with E-state index in [1.165, 1.54) is 0 Å². The number of carbonyl (C=O) groups is 4. The van der Waals surface area contributed by atoms with Crippen LogP contribution in [0.4, 0.5) is 0 Å². The van der Waals surface area contributed by atoms with Gasteiger partial charge >= 0.3 is 124 Å². The average molecular weight is 485 g/mol. The fourth-order valence-corrected chi connectivity index (χ4v) is 0. The summed E-state index contributed by atoms with van der Waals surface area (Å²) in [6.07, 6.45) is 0. The molecule has 10 nitrogen and oxygen atoms in total. The molecule has 92 valence electrons. The third-order valence-corrected chi connectivity index (χ3v) is 0.333. The van der Waals surface area contributed by atoms with Crippen LogP contribution in [-0.4, -0.2) is 34.8 Å². The predicted molar refractivity (Wildman–Crippen MR) is 27.3 cm³/mol. The molecule has 0 spiro atoms. The van der Waals surface area contributed by atoms with E-state index in [1.807, 2.05) is 0 Å². The minimum atomic E-state index is -2.19. The van der Waals surface area contributed by atoms with E-state index in [1.54, 1.807) is 0 Å². The topological polar surface area (TPSA) is 224 Å². The van der Waals surface area contributed by atoms with Gasteiger partial charge in [0.1, 0.15) is 0 Å². The molecule has 0 aliphatic heterocycles. The van der Waals surface area contributed by atoms with E-state index < -0.39 is 23.9 Å². The average Bonchev–Trinajstić information content (AvgIpc) is 1.88. The SMILES string of the molecule is O.O.O=C([O-])C(=O)[O-].O=C([O-])C(=O)[O-].[K+].[K+].[Pt+2]. The third kappa shape index (κ3) is 46.3. The molecule has 0 aromatic carbocycles. The van der Waals surface area contributed by atoms with E-state index in [0.717, 1.165) is 0 Å². The monoisotopic (exact) mass is 485 g/mol. The van der Waals surface area contributed by atoms with E-state index in [0.29, 0.717) is 0 Å². The molecule has 0 fully saturated rings. The van der Waals surface area contributed by atoms with Gasteiger partial charge in [-0.2, -0.15) is 0 Å². The van der Waals surface area contributed by atoms with Crippen LogP contribution in [0.1, 0.15) is 0 Å². The van der Waals surface area contributed by atoms with Crippen LogP contribution in [-0.2, 0) is 40.2 Å². The molecule has 0 rings (SSSR count). The van der Waals surface area contributed by atoms with Crippen molar-refractivity contribution in [1.29, 1.82) is 0 Å². The van der Waals surface area contributed by atoms with Crippen molar-refractivity contribution in [3.05, 3.63) is 0 Å². The Hall–Kier alpha value is 1.76. The van der Waals surface area contributed by atoms with Crippen molar-refractivity contribution in [3.63, 3.8) is 0 Å². The summed E-state index contributed by atoms with van der Waals surface area (Å²) in [4.78, 5) is 35.7. The molecule has 0 heterocycles. The molecule has 0 saturated carbocycles. The van der Waals surface area contributed by atoms with Gasteiger partial charge in [0.05, 0.1) is 23.9 Å². The van der Waals surface area contributed by atoms with Gasteiger partial charge in [-0.3, -0.25) is 0 Å². The second-order valence-corrected chi connectivity index (χ2v) is 1.15. The standard InChI is InChI=1S/2C2H2O4.2K.2H2O.Pt/c2*3-1(4)2(5)6;;;;;/h2*(H,3,4)(H,5,6);;;2*1H2;/q;;2*+1;;;+2/p-4. The van der Waals surface area contributed by atoms with Gasteiger partial charge in [-0.25, -0.2) is 0 Å². The molecule has 17 heavy (non-hydrogen) atoms. The van der Waals surface area contributed by atoms with E-state index in [2.05, 4.69) is 0 Å². The summed E-state index contributed by atoms with van der Waals surface area (Å²) in [5.74, 6) is -8.74. The van der Waals surface area contributed by atoms with Gasteiger partial charge in [0.25, 0.3) is 0 Å². The van der Waals surface area contributed by atoms with Crippen LogP contribution in [0.2, 0.25) is 0 Å². The molecule has 0 saturated heterocycles. The summed E-state index contributed by atoms with van der Waals surface area (Å²) in [6, 6.07) is 0. The molecule has 0 aromatic rings. The molecular formula is C4H4K2O10Pt. The molecule has 0 aliphatic rings. The van der Waals surface area contributed by atoms with Crippen molar-refractivity contribution >= 4 is 23.9 Å². The van der Waals surface area contributed by atoms with Crippen LogP contribution in [0.15, 0.2) is 0 Å². The Morgan fingerprint density at radius 2 is 0.588 bits per heavy atom. The molecule has 4 N–H and O–H groups in total. The summed E-state index contributed by atoms with van der Waals surface area (Å²) in [5, 5.41) is 35.7. The zero-order chi connectivity index (χ0) is 10.3. The first-order valence-electron chi connectivity index (χ1n) is 2.13. The number of aliphatic carboxylic acids is 4. The van der Waals surface area contributed by atoms with Gasteiger partial charge in [-0.05, 0) is 0 Å². The van der Waals surface area contributed by atoms with Crippen LogP contribution in [0.5, 0.6) is 0 Å². The summed E-state index contributed by atoms with van der Waals surface area (Å²) in [5.41, 5.74) is 0. The molecule has 0 unspecified atom stereocenters.